The van der Waals surface area contributed by atoms with Gasteiger partial charge in [-0.3, -0.25) is 9.59 Å². The Labute approximate surface area is 123 Å². The first-order valence-corrected chi connectivity index (χ1v) is 7.74. The van der Waals surface area contributed by atoms with Crippen LogP contribution in [0.4, 0.5) is 0 Å². The molecule has 1 aliphatic rings. The number of allylic oxidation sites excluding steroid dienone is 1. The molecule has 1 atom stereocenters. The van der Waals surface area contributed by atoms with Gasteiger partial charge < -0.3 is 4.74 Å². The summed E-state index contributed by atoms with van der Waals surface area (Å²) in [5.41, 5.74) is 1.92. The third-order valence-corrected chi connectivity index (χ3v) is 4.30. The van der Waals surface area contributed by atoms with Gasteiger partial charge in [0, 0.05) is 12.2 Å². The minimum atomic E-state index is -0.265. The summed E-state index contributed by atoms with van der Waals surface area (Å²) < 4.78 is 5.01. The summed E-state index contributed by atoms with van der Waals surface area (Å²) in [5, 5.41) is 0. The van der Waals surface area contributed by atoms with Gasteiger partial charge in [-0.05, 0) is 31.1 Å². The number of hydrogen-bond acceptors (Lipinski definition) is 4. The van der Waals surface area contributed by atoms with Crippen molar-refractivity contribution < 1.29 is 14.3 Å². The molecule has 4 heteroatoms. The van der Waals surface area contributed by atoms with E-state index in [9.17, 15) is 9.59 Å². The average molecular weight is 290 g/mol. The number of Topliss-reactive ketones (excluding diaryl/α,β-unsaturated/α-hetero) is 1. The zero-order chi connectivity index (χ0) is 14.5. The Balaban J connectivity index is 2.10. The van der Waals surface area contributed by atoms with Crippen LogP contribution in [0, 0.1) is 0 Å². The van der Waals surface area contributed by atoms with Crippen LogP contribution in [0.25, 0.3) is 6.08 Å². The molecule has 0 spiro atoms. The molecule has 1 heterocycles. The van der Waals surface area contributed by atoms with Crippen LogP contribution < -0.4 is 0 Å². The van der Waals surface area contributed by atoms with Crippen LogP contribution >= 0.6 is 11.8 Å². The summed E-state index contributed by atoms with van der Waals surface area (Å²) >= 11 is 1.60. The highest BCUT2D eigenvalue weighted by atomic mass is 32.2. The molecule has 2 rings (SSSR count). The lowest BCUT2D eigenvalue weighted by Gasteiger charge is -2.10. The Bertz CT molecular complexity index is 531. The van der Waals surface area contributed by atoms with Crippen molar-refractivity contribution in [1.82, 2.24) is 0 Å². The van der Waals surface area contributed by atoms with E-state index < -0.39 is 0 Å². The lowest BCUT2D eigenvalue weighted by atomic mass is 10.00. The van der Waals surface area contributed by atoms with E-state index in [1.807, 2.05) is 37.3 Å². The number of ether oxygens (including phenoxy) is 1. The number of hydrogen-bond donors (Lipinski definition) is 0. The maximum atomic E-state index is 11.7. The Morgan fingerprint density at radius 3 is 2.65 bits per heavy atom. The second-order valence-corrected chi connectivity index (χ2v) is 5.81. The molecule has 0 bridgehead atoms. The number of ketones is 1. The molecule has 1 aliphatic heterocycles. The quantitative estimate of drug-likeness (QED) is 0.629. The van der Waals surface area contributed by atoms with Gasteiger partial charge in [0.1, 0.15) is 0 Å². The lowest BCUT2D eigenvalue weighted by Crippen LogP contribution is -2.12. The van der Waals surface area contributed by atoms with Gasteiger partial charge in [-0.15, -0.1) is 11.8 Å². The summed E-state index contributed by atoms with van der Waals surface area (Å²) in [6.45, 7) is 4.03. The molecule has 1 aromatic rings. The monoisotopic (exact) mass is 290 g/mol. The molecule has 106 valence electrons. The fraction of sp³-hybridized carbons (Fsp3) is 0.375. The van der Waals surface area contributed by atoms with E-state index in [-0.39, 0.29) is 17.7 Å². The Morgan fingerprint density at radius 1 is 1.40 bits per heavy atom. The van der Waals surface area contributed by atoms with Crippen molar-refractivity contribution in [2.24, 2.45) is 0 Å². The minimum Gasteiger partial charge on any atom is -0.466 e. The molecule has 1 aromatic carbocycles. The summed E-state index contributed by atoms with van der Waals surface area (Å²) in [6.07, 6.45) is 2.55. The zero-order valence-corrected chi connectivity index (χ0v) is 12.5. The summed E-state index contributed by atoms with van der Waals surface area (Å²) in [7, 11) is 0. The molecule has 0 saturated carbocycles. The standard InChI is InChI=1S/C16H18O3S/c1-3-19-16(18)11(2)13-6-4-12(5-7-13)10-15-14(17)8-9-20-15/h4-7,10-11H,3,8-9H2,1-2H3. The van der Waals surface area contributed by atoms with Gasteiger partial charge in [-0.2, -0.15) is 0 Å². The van der Waals surface area contributed by atoms with Crippen LogP contribution in [0.15, 0.2) is 29.2 Å². The van der Waals surface area contributed by atoms with Crippen molar-refractivity contribution in [3.8, 4) is 0 Å². The third kappa shape index (κ3) is 3.51. The Kier molecular flexibility index (Phi) is 5.01. The lowest BCUT2D eigenvalue weighted by molar-refractivity contribution is -0.144. The first-order chi connectivity index (χ1) is 9.61. The molecule has 3 nitrogen and oxygen atoms in total. The smallest absolute Gasteiger partial charge is 0.313 e. The number of thioether (sulfide) groups is 1. The maximum absolute atomic E-state index is 11.7. The van der Waals surface area contributed by atoms with Crippen LogP contribution in [0.3, 0.4) is 0 Å². The fourth-order valence-electron chi connectivity index (χ4n) is 2.02. The first-order valence-electron chi connectivity index (χ1n) is 6.76. The van der Waals surface area contributed by atoms with Crippen LogP contribution in [0.2, 0.25) is 0 Å². The molecule has 1 unspecified atom stereocenters. The van der Waals surface area contributed by atoms with Crippen LogP contribution in [0.1, 0.15) is 37.3 Å². The third-order valence-electron chi connectivity index (χ3n) is 3.24. The normalized spacial score (nSPS) is 18.3. The van der Waals surface area contributed by atoms with Crippen LogP contribution in [-0.2, 0) is 14.3 Å². The first kappa shape index (κ1) is 14.9. The molecule has 1 fully saturated rings. The predicted molar refractivity (Wildman–Crippen MR) is 81.5 cm³/mol. The highest BCUT2D eigenvalue weighted by molar-refractivity contribution is 8.04. The second kappa shape index (κ2) is 6.75. The maximum Gasteiger partial charge on any atom is 0.313 e. The predicted octanol–water partition coefficient (Wildman–Crippen LogP) is 3.40. The molecule has 20 heavy (non-hydrogen) atoms. The second-order valence-electron chi connectivity index (χ2n) is 4.67. The molecule has 1 saturated heterocycles. The van der Waals surface area contributed by atoms with Crippen LogP contribution in [-0.4, -0.2) is 24.1 Å². The van der Waals surface area contributed by atoms with E-state index in [1.165, 1.54) is 0 Å². The number of rotatable bonds is 4. The topological polar surface area (TPSA) is 43.4 Å². The van der Waals surface area contributed by atoms with Crippen molar-refractivity contribution in [1.29, 1.82) is 0 Å². The van der Waals surface area contributed by atoms with E-state index in [1.54, 1.807) is 18.7 Å². The minimum absolute atomic E-state index is 0.208. The Morgan fingerprint density at radius 2 is 2.10 bits per heavy atom. The molecule has 0 radical (unpaired) electrons. The molecule has 0 aliphatic carbocycles. The van der Waals surface area contributed by atoms with Crippen molar-refractivity contribution >= 4 is 29.6 Å². The van der Waals surface area contributed by atoms with Gasteiger partial charge in [-0.1, -0.05) is 24.3 Å². The van der Waals surface area contributed by atoms with E-state index in [0.29, 0.717) is 13.0 Å². The summed E-state index contributed by atoms with van der Waals surface area (Å²) in [4.78, 5) is 24.1. The van der Waals surface area contributed by atoms with Gasteiger partial charge in [0.15, 0.2) is 5.78 Å². The fourth-order valence-corrected chi connectivity index (χ4v) is 3.01. The van der Waals surface area contributed by atoms with Gasteiger partial charge in [-0.25, -0.2) is 0 Å². The van der Waals surface area contributed by atoms with E-state index >= 15 is 0 Å². The molecule has 0 aromatic heterocycles. The van der Waals surface area contributed by atoms with Gasteiger partial charge in [0.05, 0.1) is 17.4 Å². The van der Waals surface area contributed by atoms with Gasteiger partial charge in [0.2, 0.25) is 0 Å². The van der Waals surface area contributed by atoms with Crippen molar-refractivity contribution in [3.63, 3.8) is 0 Å². The van der Waals surface area contributed by atoms with Crippen LogP contribution in [0.5, 0.6) is 0 Å². The largest absolute Gasteiger partial charge is 0.466 e. The number of carbonyl (C=O) groups excluding carboxylic acids is 2. The summed E-state index contributed by atoms with van der Waals surface area (Å²) in [6, 6.07) is 7.70. The van der Waals surface area contributed by atoms with E-state index in [4.69, 9.17) is 4.74 Å². The Hall–Kier alpha value is -1.55. The molecular formula is C16H18O3S. The van der Waals surface area contributed by atoms with Gasteiger partial charge >= 0.3 is 5.97 Å². The molecule has 0 N–H and O–H groups in total. The molecular weight excluding hydrogens is 272 g/mol. The van der Waals surface area contributed by atoms with Crippen molar-refractivity contribution in [2.45, 2.75) is 26.2 Å². The average Bonchev–Trinajstić information content (AvgIpc) is 2.85. The van der Waals surface area contributed by atoms with E-state index in [0.717, 1.165) is 21.8 Å². The highest BCUT2D eigenvalue weighted by Gasteiger charge is 2.18. The van der Waals surface area contributed by atoms with Gasteiger partial charge in [0.25, 0.3) is 0 Å². The van der Waals surface area contributed by atoms with Crippen molar-refractivity contribution in [2.75, 3.05) is 12.4 Å². The van der Waals surface area contributed by atoms with Crippen molar-refractivity contribution in [3.05, 3.63) is 40.3 Å². The number of carbonyl (C=O) groups is 2. The number of esters is 1. The number of benzene rings is 1. The molecule has 0 amide bonds. The highest BCUT2D eigenvalue weighted by Crippen LogP contribution is 2.29. The summed E-state index contributed by atoms with van der Waals surface area (Å²) in [5.74, 6) is 0.626. The van der Waals surface area contributed by atoms with E-state index in [2.05, 4.69) is 0 Å². The SMILES string of the molecule is CCOC(=O)C(C)c1ccc(C=C2SCCC2=O)cc1. The zero-order valence-electron chi connectivity index (χ0n) is 11.7.